The van der Waals surface area contributed by atoms with Crippen LogP contribution in [-0.4, -0.2) is 24.2 Å². The molecule has 0 fully saturated rings. The maximum absolute atomic E-state index is 11.3. The lowest BCUT2D eigenvalue weighted by atomic mass is 10.1. The number of nitrogens with zero attached hydrogens (tertiary/aromatic N) is 1. The molecule has 2 aromatic rings. The molecule has 0 aliphatic carbocycles. The van der Waals surface area contributed by atoms with Crippen molar-refractivity contribution < 1.29 is 9.53 Å². The minimum atomic E-state index is -0.479. The topological polar surface area (TPSA) is 63.2 Å². The summed E-state index contributed by atoms with van der Waals surface area (Å²) in [5.41, 5.74) is 1.80. The third-order valence-electron chi connectivity index (χ3n) is 2.92. The Bertz CT molecular complexity index is 600. The summed E-state index contributed by atoms with van der Waals surface area (Å²) in [5.74, 6) is 0.753. The van der Waals surface area contributed by atoms with Gasteiger partial charge in [-0.1, -0.05) is 23.7 Å². The van der Waals surface area contributed by atoms with Gasteiger partial charge in [-0.2, -0.15) is 0 Å². The van der Waals surface area contributed by atoms with Crippen LogP contribution in [-0.2, 0) is 11.2 Å². The van der Waals surface area contributed by atoms with E-state index in [9.17, 15) is 4.79 Å². The molecule has 6 heteroatoms. The standard InChI is InChI=1S/C16H18ClN3O2/c1-2-22-16(21)20-14-7-8-15(19-11-14)18-10-9-12-3-5-13(17)6-4-12/h3-8,11H,2,9-10H2,1H3,(H,18,19)(H,20,21). The van der Waals surface area contributed by atoms with Crippen molar-refractivity contribution >= 4 is 29.2 Å². The Morgan fingerprint density at radius 3 is 2.64 bits per heavy atom. The first-order chi connectivity index (χ1) is 10.7. The van der Waals surface area contributed by atoms with Crippen LogP contribution in [0.3, 0.4) is 0 Å². The molecule has 0 bridgehead atoms. The Labute approximate surface area is 134 Å². The number of carbonyl (C=O) groups excluding carboxylic acids is 1. The lowest BCUT2D eigenvalue weighted by Gasteiger charge is -2.08. The summed E-state index contributed by atoms with van der Waals surface area (Å²) in [7, 11) is 0. The summed E-state index contributed by atoms with van der Waals surface area (Å²) in [5, 5.41) is 6.56. The molecule has 0 aliphatic rings. The van der Waals surface area contributed by atoms with E-state index in [2.05, 4.69) is 15.6 Å². The van der Waals surface area contributed by atoms with Gasteiger partial charge in [-0.3, -0.25) is 5.32 Å². The molecule has 22 heavy (non-hydrogen) atoms. The fraction of sp³-hybridized carbons (Fsp3) is 0.250. The summed E-state index contributed by atoms with van der Waals surface area (Å²) in [6.45, 7) is 2.86. The predicted molar refractivity (Wildman–Crippen MR) is 88.5 cm³/mol. The van der Waals surface area contributed by atoms with E-state index in [1.807, 2.05) is 30.3 Å². The second-order valence-electron chi connectivity index (χ2n) is 4.58. The zero-order valence-electron chi connectivity index (χ0n) is 12.3. The normalized spacial score (nSPS) is 10.1. The van der Waals surface area contributed by atoms with Crippen molar-refractivity contribution in [3.8, 4) is 0 Å². The Morgan fingerprint density at radius 2 is 2.00 bits per heavy atom. The lowest BCUT2D eigenvalue weighted by Crippen LogP contribution is -2.13. The van der Waals surface area contributed by atoms with Crippen molar-refractivity contribution in [2.24, 2.45) is 0 Å². The summed E-state index contributed by atoms with van der Waals surface area (Å²) >= 11 is 5.85. The number of amides is 1. The smallest absolute Gasteiger partial charge is 0.411 e. The van der Waals surface area contributed by atoms with Crippen LogP contribution < -0.4 is 10.6 Å². The predicted octanol–water partition coefficient (Wildman–Crippen LogP) is 3.96. The first-order valence-electron chi connectivity index (χ1n) is 7.05. The largest absolute Gasteiger partial charge is 0.450 e. The fourth-order valence-electron chi connectivity index (χ4n) is 1.84. The molecule has 0 aliphatic heterocycles. The first kappa shape index (κ1) is 16.1. The molecule has 1 amide bonds. The third kappa shape index (κ3) is 5.26. The Balaban J connectivity index is 1.78. The van der Waals surface area contributed by atoms with Crippen molar-refractivity contribution in [2.45, 2.75) is 13.3 Å². The monoisotopic (exact) mass is 319 g/mol. The molecule has 0 atom stereocenters. The molecule has 1 heterocycles. The lowest BCUT2D eigenvalue weighted by molar-refractivity contribution is 0.168. The number of halogens is 1. The van der Waals surface area contributed by atoms with Gasteiger partial charge in [0.05, 0.1) is 18.5 Å². The number of pyridine rings is 1. The first-order valence-corrected chi connectivity index (χ1v) is 7.43. The van der Waals surface area contributed by atoms with Crippen molar-refractivity contribution in [1.82, 2.24) is 4.98 Å². The highest BCUT2D eigenvalue weighted by molar-refractivity contribution is 6.30. The van der Waals surface area contributed by atoms with Gasteiger partial charge in [0.25, 0.3) is 0 Å². The molecular formula is C16H18ClN3O2. The Hall–Kier alpha value is -2.27. The summed E-state index contributed by atoms with van der Waals surface area (Å²) in [6, 6.07) is 11.3. The van der Waals surface area contributed by atoms with E-state index in [1.54, 1.807) is 19.2 Å². The molecular weight excluding hydrogens is 302 g/mol. The molecule has 1 aromatic heterocycles. The van der Waals surface area contributed by atoms with Crippen LogP contribution in [0, 0.1) is 0 Å². The van der Waals surface area contributed by atoms with Crippen LogP contribution in [0.25, 0.3) is 0 Å². The number of hydrogen-bond acceptors (Lipinski definition) is 4. The van der Waals surface area contributed by atoms with E-state index < -0.39 is 6.09 Å². The number of rotatable bonds is 6. The molecule has 0 unspecified atom stereocenters. The highest BCUT2D eigenvalue weighted by Gasteiger charge is 2.02. The maximum Gasteiger partial charge on any atom is 0.411 e. The van der Waals surface area contributed by atoms with Gasteiger partial charge in [-0.25, -0.2) is 9.78 Å². The Kier molecular flexibility index (Phi) is 6.03. The van der Waals surface area contributed by atoms with Gasteiger partial charge in [0, 0.05) is 11.6 Å². The Morgan fingerprint density at radius 1 is 1.23 bits per heavy atom. The SMILES string of the molecule is CCOC(=O)Nc1ccc(NCCc2ccc(Cl)cc2)nc1. The van der Waals surface area contributed by atoms with Crippen LogP contribution >= 0.6 is 11.6 Å². The van der Waals surface area contributed by atoms with E-state index in [0.29, 0.717) is 12.3 Å². The van der Waals surface area contributed by atoms with Gasteiger partial charge in [-0.05, 0) is 43.2 Å². The third-order valence-corrected chi connectivity index (χ3v) is 3.17. The van der Waals surface area contributed by atoms with E-state index in [1.165, 1.54) is 5.56 Å². The minimum absolute atomic E-state index is 0.337. The molecule has 2 N–H and O–H groups in total. The molecule has 0 radical (unpaired) electrons. The number of benzene rings is 1. The van der Waals surface area contributed by atoms with Gasteiger partial charge in [0.1, 0.15) is 5.82 Å². The van der Waals surface area contributed by atoms with Gasteiger partial charge in [0.2, 0.25) is 0 Å². The van der Waals surface area contributed by atoms with Crippen molar-refractivity contribution in [3.63, 3.8) is 0 Å². The van der Waals surface area contributed by atoms with Crippen LogP contribution in [0.15, 0.2) is 42.6 Å². The molecule has 0 spiro atoms. The van der Waals surface area contributed by atoms with Crippen molar-refractivity contribution in [1.29, 1.82) is 0 Å². The van der Waals surface area contributed by atoms with Gasteiger partial charge < -0.3 is 10.1 Å². The van der Waals surface area contributed by atoms with E-state index in [-0.39, 0.29) is 0 Å². The number of anilines is 2. The number of nitrogens with one attached hydrogen (secondary N) is 2. The summed E-state index contributed by atoms with van der Waals surface area (Å²) < 4.78 is 4.80. The van der Waals surface area contributed by atoms with Gasteiger partial charge in [-0.15, -0.1) is 0 Å². The maximum atomic E-state index is 11.3. The number of hydrogen-bond donors (Lipinski definition) is 2. The van der Waals surface area contributed by atoms with Crippen molar-refractivity contribution in [3.05, 3.63) is 53.2 Å². The van der Waals surface area contributed by atoms with Gasteiger partial charge in [0.15, 0.2) is 0 Å². The molecule has 0 saturated heterocycles. The zero-order valence-corrected chi connectivity index (χ0v) is 13.1. The molecule has 2 rings (SSSR count). The van der Waals surface area contributed by atoms with E-state index in [4.69, 9.17) is 16.3 Å². The average Bonchev–Trinajstić information content (AvgIpc) is 2.51. The molecule has 5 nitrogen and oxygen atoms in total. The van der Waals surface area contributed by atoms with E-state index in [0.717, 1.165) is 23.8 Å². The molecule has 0 saturated carbocycles. The van der Waals surface area contributed by atoms with E-state index >= 15 is 0 Å². The number of aromatic nitrogens is 1. The average molecular weight is 320 g/mol. The molecule has 1 aromatic carbocycles. The minimum Gasteiger partial charge on any atom is -0.450 e. The number of ether oxygens (including phenoxy) is 1. The van der Waals surface area contributed by atoms with Crippen LogP contribution in [0.4, 0.5) is 16.3 Å². The number of carbonyl (C=O) groups is 1. The highest BCUT2D eigenvalue weighted by Crippen LogP contribution is 2.12. The second kappa shape index (κ2) is 8.24. The zero-order chi connectivity index (χ0) is 15.8. The highest BCUT2D eigenvalue weighted by atomic mass is 35.5. The van der Waals surface area contributed by atoms with Crippen molar-refractivity contribution in [2.75, 3.05) is 23.8 Å². The molecule has 116 valence electrons. The van der Waals surface area contributed by atoms with Gasteiger partial charge >= 0.3 is 6.09 Å². The quantitative estimate of drug-likeness (QED) is 0.846. The van der Waals surface area contributed by atoms with Crippen LogP contribution in [0.1, 0.15) is 12.5 Å². The second-order valence-corrected chi connectivity index (χ2v) is 5.02. The summed E-state index contributed by atoms with van der Waals surface area (Å²) in [4.78, 5) is 15.5. The summed E-state index contributed by atoms with van der Waals surface area (Å²) in [6.07, 6.45) is 1.98. The van der Waals surface area contributed by atoms with Crippen LogP contribution in [0.5, 0.6) is 0 Å². The van der Waals surface area contributed by atoms with Crippen LogP contribution in [0.2, 0.25) is 5.02 Å². The fourth-order valence-corrected chi connectivity index (χ4v) is 1.97.